The van der Waals surface area contributed by atoms with Gasteiger partial charge in [-0.2, -0.15) is 0 Å². The first-order chi connectivity index (χ1) is 18.0. The molecule has 3 aromatic rings. The first kappa shape index (κ1) is 24.5. The van der Waals surface area contributed by atoms with Gasteiger partial charge < -0.3 is 4.74 Å². The third-order valence-corrected chi connectivity index (χ3v) is 8.65. The van der Waals surface area contributed by atoms with Crippen molar-refractivity contribution in [2.75, 3.05) is 19.7 Å². The second-order valence-corrected chi connectivity index (χ2v) is 12.2. The van der Waals surface area contributed by atoms with Crippen LogP contribution in [0.2, 0.25) is 0 Å². The molecule has 0 radical (unpaired) electrons. The summed E-state index contributed by atoms with van der Waals surface area (Å²) in [6.45, 7) is 4.53. The van der Waals surface area contributed by atoms with Gasteiger partial charge in [0.1, 0.15) is 11.6 Å². The standard InChI is InChI=1S/C31H33FN2O2S/c1-31(18-34(19-31)29(22-8-4-2-5-9-22)23-10-6-3-7-11-23)20-36-28-17-27(32)26(16-25(28)21-12-13-21)30(35)33-37-24-14-15-24/h2-11,16-17,21,24,29H,12-15,18-20H2,1H3,(H,33,35). The van der Waals surface area contributed by atoms with Gasteiger partial charge in [0.2, 0.25) is 0 Å². The molecule has 0 unspecified atom stereocenters. The number of halogens is 1. The first-order valence-corrected chi connectivity index (χ1v) is 14.1. The molecule has 37 heavy (non-hydrogen) atoms. The van der Waals surface area contributed by atoms with Crippen molar-refractivity contribution >= 4 is 17.9 Å². The van der Waals surface area contributed by atoms with Gasteiger partial charge in [0.05, 0.1) is 18.2 Å². The first-order valence-electron chi connectivity index (χ1n) is 13.3. The van der Waals surface area contributed by atoms with Gasteiger partial charge in [0, 0.05) is 29.8 Å². The van der Waals surface area contributed by atoms with E-state index in [2.05, 4.69) is 77.2 Å². The van der Waals surface area contributed by atoms with E-state index in [1.807, 2.05) is 0 Å². The summed E-state index contributed by atoms with van der Waals surface area (Å²) in [5, 5.41) is 0.476. The Balaban J connectivity index is 1.14. The lowest BCUT2D eigenvalue weighted by Gasteiger charge is -2.51. The monoisotopic (exact) mass is 516 g/mol. The highest BCUT2D eigenvalue weighted by Gasteiger charge is 2.44. The summed E-state index contributed by atoms with van der Waals surface area (Å²) in [5.74, 6) is 0.0810. The number of nitrogens with one attached hydrogen (secondary N) is 1. The Kier molecular flexibility index (Phi) is 6.72. The largest absolute Gasteiger partial charge is 0.493 e. The fourth-order valence-corrected chi connectivity index (χ4v) is 6.06. The predicted octanol–water partition coefficient (Wildman–Crippen LogP) is 6.73. The number of ether oxygens (including phenoxy) is 1. The highest BCUT2D eigenvalue weighted by Crippen LogP contribution is 2.46. The zero-order chi connectivity index (χ0) is 25.4. The summed E-state index contributed by atoms with van der Waals surface area (Å²) in [4.78, 5) is 15.1. The molecule has 1 amide bonds. The van der Waals surface area contributed by atoms with Crippen molar-refractivity contribution in [3.8, 4) is 5.75 Å². The lowest BCUT2D eigenvalue weighted by atomic mass is 9.79. The van der Waals surface area contributed by atoms with Gasteiger partial charge in [0.25, 0.3) is 5.91 Å². The highest BCUT2D eigenvalue weighted by atomic mass is 32.2. The van der Waals surface area contributed by atoms with E-state index >= 15 is 4.39 Å². The molecule has 1 saturated heterocycles. The summed E-state index contributed by atoms with van der Waals surface area (Å²) in [6.07, 6.45) is 4.34. The van der Waals surface area contributed by atoms with Gasteiger partial charge in [-0.05, 0) is 66.3 Å². The van der Waals surface area contributed by atoms with Crippen LogP contribution in [-0.4, -0.2) is 35.8 Å². The summed E-state index contributed by atoms with van der Waals surface area (Å²) < 4.78 is 24.1. The van der Waals surface area contributed by atoms with Crippen molar-refractivity contribution in [3.63, 3.8) is 0 Å². The number of hydrogen-bond donors (Lipinski definition) is 1. The Hall–Kier alpha value is -2.83. The molecule has 0 atom stereocenters. The zero-order valence-electron chi connectivity index (χ0n) is 21.2. The third-order valence-electron chi connectivity index (χ3n) is 7.55. The molecule has 3 aliphatic rings. The lowest BCUT2D eigenvalue weighted by Crippen LogP contribution is -2.58. The maximum Gasteiger partial charge on any atom is 0.264 e. The van der Waals surface area contributed by atoms with E-state index in [4.69, 9.17) is 4.74 Å². The zero-order valence-corrected chi connectivity index (χ0v) is 22.0. The Labute approximate surface area is 222 Å². The SMILES string of the molecule is CC1(COc2cc(F)c(C(=O)NSC3CC3)cc2C2CC2)CN(C(c2ccccc2)c2ccccc2)C1. The van der Waals surface area contributed by atoms with E-state index in [9.17, 15) is 4.79 Å². The second kappa shape index (κ2) is 10.1. The molecule has 6 rings (SSSR count). The smallest absolute Gasteiger partial charge is 0.264 e. The van der Waals surface area contributed by atoms with Gasteiger partial charge in [-0.3, -0.25) is 14.4 Å². The number of hydrogen-bond acceptors (Lipinski definition) is 4. The lowest BCUT2D eigenvalue weighted by molar-refractivity contribution is -0.0379. The van der Waals surface area contributed by atoms with E-state index in [1.54, 1.807) is 6.07 Å². The predicted molar refractivity (Wildman–Crippen MR) is 146 cm³/mol. The van der Waals surface area contributed by atoms with Crippen LogP contribution in [0.1, 0.15) is 71.6 Å². The Bertz CT molecular complexity index is 1220. The van der Waals surface area contributed by atoms with Crippen molar-refractivity contribution < 1.29 is 13.9 Å². The van der Waals surface area contributed by atoms with Gasteiger partial charge in [-0.25, -0.2) is 4.39 Å². The fourth-order valence-electron chi connectivity index (χ4n) is 5.31. The van der Waals surface area contributed by atoms with E-state index in [0.717, 1.165) is 44.3 Å². The van der Waals surface area contributed by atoms with Crippen LogP contribution >= 0.6 is 11.9 Å². The number of benzene rings is 3. The van der Waals surface area contributed by atoms with Crippen LogP contribution in [0, 0.1) is 11.2 Å². The van der Waals surface area contributed by atoms with E-state index in [0.29, 0.717) is 23.5 Å². The molecule has 0 spiro atoms. The molecular formula is C31H33FN2O2S. The molecule has 4 nitrogen and oxygen atoms in total. The van der Waals surface area contributed by atoms with E-state index < -0.39 is 5.82 Å². The number of carbonyl (C=O) groups is 1. The van der Waals surface area contributed by atoms with Crippen molar-refractivity contribution in [1.82, 2.24) is 9.62 Å². The van der Waals surface area contributed by atoms with Crippen LogP contribution in [0.15, 0.2) is 72.8 Å². The molecule has 1 aliphatic heterocycles. The average Bonchev–Trinajstić information content (AvgIpc) is 3.81. The van der Waals surface area contributed by atoms with Crippen LogP contribution in [-0.2, 0) is 0 Å². The van der Waals surface area contributed by atoms with Gasteiger partial charge in [0.15, 0.2) is 0 Å². The van der Waals surface area contributed by atoms with Crippen LogP contribution in [0.25, 0.3) is 0 Å². The molecule has 0 aromatic heterocycles. The molecular weight excluding hydrogens is 483 g/mol. The molecule has 1 heterocycles. The van der Waals surface area contributed by atoms with Crippen molar-refractivity contribution in [2.24, 2.45) is 5.41 Å². The Morgan fingerprint density at radius 2 is 1.65 bits per heavy atom. The van der Waals surface area contributed by atoms with Crippen LogP contribution < -0.4 is 9.46 Å². The third kappa shape index (κ3) is 5.55. The van der Waals surface area contributed by atoms with E-state index in [1.165, 1.54) is 29.1 Å². The van der Waals surface area contributed by atoms with Crippen LogP contribution in [0.5, 0.6) is 5.75 Å². The van der Waals surface area contributed by atoms with Crippen LogP contribution in [0.3, 0.4) is 0 Å². The quantitative estimate of drug-likeness (QED) is 0.303. The number of likely N-dealkylation sites (tertiary alicyclic amines) is 1. The minimum absolute atomic E-state index is 0.0317. The summed E-state index contributed by atoms with van der Waals surface area (Å²) in [5.41, 5.74) is 3.62. The maximum absolute atomic E-state index is 15.0. The minimum atomic E-state index is -0.512. The maximum atomic E-state index is 15.0. The molecule has 3 fully saturated rings. The van der Waals surface area contributed by atoms with Crippen molar-refractivity contribution in [3.05, 3.63) is 101 Å². The molecule has 3 aromatic carbocycles. The Morgan fingerprint density at radius 1 is 1.03 bits per heavy atom. The molecule has 0 bridgehead atoms. The second-order valence-electron chi connectivity index (χ2n) is 11.1. The topological polar surface area (TPSA) is 41.6 Å². The summed E-state index contributed by atoms with van der Waals surface area (Å²) in [6, 6.07) is 24.6. The summed E-state index contributed by atoms with van der Waals surface area (Å²) >= 11 is 1.41. The number of amides is 1. The number of nitrogens with zero attached hydrogens (tertiary/aromatic N) is 1. The van der Waals surface area contributed by atoms with Crippen LogP contribution in [0.4, 0.5) is 4.39 Å². The molecule has 192 valence electrons. The highest BCUT2D eigenvalue weighted by molar-refractivity contribution is 7.98. The van der Waals surface area contributed by atoms with Crippen molar-refractivity contribution in [1.29, 1.82) is 0 Å². The van der Waals surface area contributed by atoms with Gasteiger partial charge >= 0.3 is 0 Å². The Morgan fingerprint density at radius 3 is 2.22 bits per heavy atom. The summed E-state index contributed by atoms with van der Waals surface area (Å²) in [7, 11) is 0. The molecule has 2 aliphatic carbocycles. The van der Waals surface area contributed by atoms with Gasteiger partial charge in [-0.1, -0.05) is 67.6 Å². The minimum Gasteiger partial charge on any atom is -0.493 e. The van der Waals surface area contributed by atoms with E-state index in [-0.39, 0.29) is 22.9 Å². The molecule has 1 N–H and O–H groups in total. The average molecular weight is 517 g/mol. The molecule has 6 heteroatoms. The number of rotatable bonds is 10. The van der Waals surface area contributed by atoms with Gasteiger partial charge in [-0.15, -0.1) is 0 Å². The number of carbonyl (C=O) groups excluding carboxylic acids is 1. The fraction of sp³-hybridized carbons (Fsp3) is 0.387. The normalized spacial score (nSPS) is 18.9. The van der Waals surface area contributed by atoms with Crippen molar-refractivity contribution in [2.45, 2.75) is 49.8 Å². The molecule has 2 saturated carbocycles.